The highest BCUT2D eigenvalue weighted by Gasteiger charge is 2.62. The molecule has 2 amide bonds. The highest BCUT2D eigenvalue weighted by atomic mass is 16.5. The minimum absolute atomic E-state index is 0.0344. The average molecular weight is 518 g/mol. The van der Waals surface area contributed by atoms with Crippen molar-refractivity contribution >= 4 is 29.5 Å². The summed E-state index contributed by atoms with van der Waals surface area (Å²) in [7, 11) is 0. The summed E-state index contributed by atoms with van der Waals surface area (Å²) in [6.07, 6.45) is 3.10. The fourth-order valence-corrected chi connectivity index (χ4v) is 6.26. The number of fused-ring (bicyclic) bond motifs is 5. The number of rotatable bonds is 9. The molecule has 198 valence electrons. The number of hydrogen-bond donors (Lipinski definition) is 0. The molecular weight excluding hydrogens is 486 g/mol. The number of Topliss-reactive ketones (excluding diaryl/α,β-unsaturated/α-hetero) is 1. The van der Waals surface area contributed by atoms with Gasteiger partial charge in [-0.05, 0) is 79.8 Å². The van der Waals surface area contributed by atoms with Gasteiger partial charge < -0.3 is 9.47 Å². The van der Waals surface area contributed by atoms with Crippen molar-refractivity contribution < 1.29 is 33.4 Å². The number of esters is 2. The monoisotopic (exact) mass is 517 g/mol. The zero-order chi connectivity index (χ0) is 27.0. The third-order valence-corrected chi connectivity index (χ3v) is 7.98. The molecule has 5 atom stereocenters. The van der Waals surface area contributed by atoms with Crippen LogP contribution in [0.1, 0.15) is 60.2 Å². The predicted molar refractivity (Wildman–Crippen MR) is 136 cm³/mol. The van der Waals surface area contributed by atoms with Crippen molar-refractivity contribution in [3.05, 3.63) is 65.7 Å². The predicted octanol–water partition coefficient (Wildman–Crippen LogP) is 4.08. The van der Waals surface area contributed by atoms with Gasteiger partial charge in [-0.15, -0.1) is 0 Å². The molecule has 3 fully saturated rings. The van der Waals surface area contributed by atoms with Crippen molar-refractivity contribution in [1.82, 2.24) is 4.90 Å². The van der Waals surface area contributed by atoms with Crippen molar-refractivity contribution in [1.29, 1.82) is 0 Å². The Bertz CT molecular complexity index is 1230. The summed E-state index contributed by atoms with van der Waals surface area (Å²) >= 11 is 0. The van der Waals surface area contributed by atoms with E-state index in [-0.39, 0.29) is 59.1 Å². The lowest BCUT2D eigenvalue weighted by Crippen LogP contribution is -2.48. The molecule has 1 heterocycles. The maximum Gasteiger partial charge on any atom is 0.343 e. The first-order chi connectivity index (χ1) is 18.2. The molecule has 0 radical (unpaired) electrons. The van der Waals surface area contributed by atoms with Crippen molar-refractivity contribution in [2.45, 2.75) is 45.6 Å². The van der Waals surface area contributed by atoms with Crippen LogP contribution in [0, 0.1) is 29.6 Å². The van der Waals surface area contributed by atoms with Crippen LogP contribution < -0.4 is 4.74 Å². The van der Waals surface area contributed by atoms with Crippen LogP contribution in [0.25, 0.3) is 0 Å². The van der Waals surface area contributed by atoms with Gasteiger partial charge in [0.15, 0.2) is 12.4 Å². The van der Waals surface area contributed by atoms with Crippen molar-refractivity contribution in [2.24, 2.45) is 29.6 Å². The number of hydrogen-bond acceptors (Lipinski definition) is 7. The second-order valence-corrected chi connectivity index (χ2v) is 10.9. The van der Waals surface area contributed by atoms with E-state index in [9.17, 15) is 24.0 Å². The van der Waals surface area contributed by atoms with Crippen LogP contribution in [-0.4, -0.2) is 47.1 Å². The van der Waals surface area contributed by atoms with Gasteiger partial charge in [0.2, 0.25) is 11.8 Å². The van der Waals surface area contributed by atoms with Crippen LogP contribution in [0.15, 0.2) is 54.6 Å². The van der Waals surface area contributed by atoms with Crippen LogP contribution in [0.2, 0.25) is 0 Å². The molecule has 0 spiro atoms. The number of ketones is 1. The number of likely N-dealkylation sites (tertiary alicyclic amines) is 1. The zero-order valence-electron chi connectivity index (χ0n) is 21.5. The van der Waals surface area contributed by atoms with Crippen molar-refractivity contribution in [2.75, 3.05) is 6.61 Å². The quantitative estimate of drug-likeness (QED) is 0.214. The maximum atomic E-state index is 13.3. The Hall–Kier alpha value is -3.81. The van der Waals surface area contributed by atoms with Crippen molar-refractivity contribution in [3.63, 3.8) is 0 Å². The van der Waals surface area contributed by atoms with E-state index in [1.165, 1.54) is 24.3 Å². The first kappa shape index (κ1) is 25.8. The second kappa shape index (κ2) is 10.5. The SMILES string of the molecule is CC(C)CC(C(=O)OCC(=O)c1ccc(OC(=O)c2ccccc2)cc1)N1C(=O)C2C3CCC(C3)C2C1=O. The Balaban J connectivity index is 1.21. The third kappa shape index (κ3) is 4.87. The lowest BCUT2D eigenvalue weighted by atomic mass is 9.81. The number of amides is 2. The van der Waals surface area contributed by atoms with E-state index >= 15 is 0 Å². The van der Waals surface area contributed by atoms with E-state index in [0.717, 1.165) is 24.2 Å². The standard InChI is InChI=1S/C30H31NO7/c1-17(2)14-23(31-27(33)25-20-8-9-21(15-20)26(25)28(31)34)30(36)37-16-24(32)18-10-12-22(13-11-18)38-29(35)19-6-4-3-5-7-19/h3-7,10-13,17,20-21,23,25-26H,8-9,14-16H2,1-2H3. The van der Waals surface area contributed by atoms with Crippen LogP contribution in [0.4, 0.5) is 0 Å². The summed E-state index contributed by atoms with van der Waals surface area (Å²) in [6.45, 7) is 3.30. The normalized spacial score (nSPS) is 24.4. The number of carbonyl (C=O) groups excluding carboxylic acids is 5. The summed E-state index contributed by atoms with van der Waals surface area (Å²) in [5.41, 5.74) is 0.680. The summed E-state index contributed by atoms with van der Waals surface area (Å²) < 4.78 is 10.7. The Morgan fingerprint density at radius 3 is 2.05 bits per heavy atom. The minimum Gasteiger partial charge on any atom is -0.456 e. The van der Waals surface area contributed by atoms with Gasteiger partial charge in [0.25, 0.3) is 0 Å². The Kier molecular flexibility index (Phi) is 7.15. The molecule has 2 aliphatic carbocycles. The molecular formula is C30H31NO7. The third-order valence-electron chi connectivity index (χ3n) is 7.98. The Labute approximate surface area is 221 Å². The molecule has 0 N–H and O–H groups in total. The zero-order valence-corrected chi connectivity index (χ0v) is 21.5. The van der Waals surface area contributed by atoms with Gasteiger partial charge in [0.1, 0.15) is 11.8 Å². The molecule has 8 nitrogen and oxygen atoms in total. The number of nitrogens with zero attached hydrogens (tertiary/aromatic N) is 1. The number of ether oxygens (including phenoxy) is 2. The molecule has 1 saturated heterocycles. The lowest BCUT2D eigenvalue weighted by Gasteiger charge is -2.27. The molecule has 2 aromatic carbocycles. The highest BCUT2D eigenvalue weighted by Crippen LogP contribution is 2.56. The van der Waals surface area contributed by atoms with Gasteiger partial charge in [-0.3, -0.25) is 19.3 Å². The van der Waals surface area contributed by atoms with Crippen LogP contribution in [-0.2, 0) is 19.1 Å². The van der Waals surface area contributed by atoms with Gasteiger partial charge in [-0.1, -0.05) is 32.0 Å². The smallest absolute Gasteiger partial charge is 0.343 e. The van der Waals surface area contributed by atoms with E-state index in [0.29, 0.717) is 5.56 Å². The van der Waals surface area contributed by atoms with E-state index in [4.69, 9.17) is 9.47 Å². The van der Waals surface area contributed by atoms with Crippen LogP contribution in [0.5, 0.6) is 5.75 Å². The topological polar surface area (TPSA) is 107 Å². The molecule has 38 heavy (non-hydrogen) atoms. The molecule has 5 rings (SSSR count). The molecule has 1 aliphatic heterocycles. The van der Waals surface area contributed by atoms with Crippen molar-refractivity contribution in [3.8, 4) is 5.75 Å². The maximum absolute atomic E-state index is 13.3. The largest absolute Gasteiger partial charge is 0.456 e. The molecule has 3 aliphatic rings. The highest BCUT2D eigenvalue weighted by molar-refractivity contribution is 6.09. The Morgan fingerprint density at radius 1 is 0.868 bits per heavy atom. The van der Waals surface area contributed by atoms with E-state index in [2.05, 4.69) is 0 Å². The van der Waals surface area contributed by atoms with E-state index in [1.54, 1.807) is 30.3 Å². The van der Waals surface area contributed by atoms with E-state index < -0.39 is 30.4 Å². The summed E-state index contributed by atoms with van der Waals surface area (Å²) in [6, 6.07) is 13.5. The number of benzene rings is 2. The number of carbonyl (C=O) groups is 5. The van der Waals surface area contributed by atoms with Gasteiger partial charge >= 0.3 is 11.9 Å². The van der Waals surface area contributed by atoms with Gasteiger partial charge in [0.05, 0.1) is 17.4 Å². The summed E-state index contributed by atoms with van der Waals surface area (Å²) in [5.74, 6) is -2.12. The number of imide groups is 1. The molecule has 2 saturated carbocycles. The van der Waals surface area contributed by atoms with Gasteiger partial charge in [0, 0.05) is 5.56 Å². The van der Waals surface area contributed by atoms with E-state index in [1.807, 2.05) is 13.8 Å². The van der Waals surface area contributed by atoms with Crippen LogP contribution in [0.3, 0.4) is 0 Å². The minimum atomic E-state index is -1.03. The second-order valence-electron chi connectivity index (χ2n) is 10.9. The first-order valence-electron chi connectivity index (χ1n) is 13.2. The fraction of sp³-hybridized carbons (Fsp3) is 0.433. The first-order valence-corrected chi connectivity index (χ1v) is 13.2. The average Bonchev–Trinajstić information content (AvgIpc) is 3.60. The summed E-state index contributed by atoms with van der Waals surface area (Å²) in [5, 5.41) is 0. The molecule has 5 unspecified atom stereocenters. The van der Waals surface area contributed by atoms with Crippen LogP contribution >= 0.6 is 0 Å². The lowest BCUT2D eigenvalue weighted by molar-refractivity contribution is -0.159. The summed E-state index contributed by atoms with van der Waals surface area (Å²) in [4.78, 5) is 65.7. The fourth-order valence-electron chi connectivity index (χ4n) is 6.26. The van der Waals surface area contributed by atoms with Gasteiger partial charge in [-0.25, -0.2) is 9.59 Å². The molecule has 2 aromatic rings. The molecule has 2 bridgehead atoms. The Morgan fingerprint density at radius 2 is 1.47 bits per heavy atom. The molecule has 8 heteroatoms. The van der Waals surface area contributed by atoms with Gasteiger partial charge in [-0.2, -0.15) is 0 Å². The molecule has 0 aromatic heterocycles.